The van der Waals surface area contributed by atoms with E-state index in [1.54, 1.807) is 0 Å². The zero-order valence-corrected chi connectivity index (χ0v) is 9.91. The van der Waals surface area contributed by atoms with Gasteiger partial charge in [-0.2, -0.15) is 0 Å². The Morgan fingerprint density at radius 2 is 2.13 bits per heavy atom. The van der Waals surface area contributed by atoms with Crippen LogP contribution < -0.4 is 5.32 Å². The summed E-state index contributed by atoms with van der Waals surface area (Å²) in [6.07, 6.45) is 3.07. The molecule has 1 aliphatic heterocycles. The lowest BCUT2D eigenvalue weighted by Gasteiger charge is -2.24. The fourth-order valence-electron chi connectivity index (χ4n) is 2.06. The monoisotopic (exact) mass is 241 g/mol. The third-order valence-corrected chi connectivity index (χ3v) is 3.81. The van der Waals surface area contributed by atoms with Crippen molar-refractivity contribution in [2.75, 3.05) is 13.1 Å². The lowest BCUT2D eigenvalue weighted by Crippen LogP contribution is -2.26. The molecule has 1 aromatic carbocycles. The average molecular weight is 242 g/mol. The molecule has 0 aliphatic carbocycles. The largest absolute Gasteiger partial charge is 0.315 e. The molecule has 1 aliphatic rings. The fraction of sp³-hybridized carbons (Fsp3) is 0.333. The molecule has 0 spiro atoms. The van der Waals surface area contributed by atoms with Crippen LogP contribution in [0, 0.1) is 0 Å². The van der Waals surface area contributed by atoms with Crippen LogP contribution in [-0.2, 0) is 5.41 Å². The van der Waals surface area contributed by atoms with Crippen molar-refractivity contribution >= 4 is 23.2 Å². The number of halogens is 2. The van der Waals surface area contributed by atoms with E-state index in [0.717, 1.165) is 19.5 Å². The van der Waals surface area contributed by atoms with Crippen LogP contribution in [0.25, 0.3) is 0 Å². The number of nitrogens with one attached hydrogen (secondary N) is 1. The predicted octanol–water partition coefficient (Wildman–Crippen LogP) is 3.41. The molecule has 0 radical (unpaired) electrons. The van der Waals surface area contributed by atoms with Gasteiger partial charge in [-0.25, -0.2) is 0 Å². The van der Waals surface area contributed by atoms with Crippen molar-refractivity contribution < 1.29 is 0 Å². The summed E-state index contributed by atoms with van der Waals surface area (Å²) in [6, 6.07) is 5.82. The van der Waals surface area contributed by atoms with Crippen LogP contribution in [0.2, 0.25) is 10.0 Å². The average Bonchev–Trinajstić information content (AvgIpc) is 2.72. The molecule has 1 N–H and O–H groups in total. The molecule has 0 aromatic heterocycles. The van der Waals surface area contributed by atoms with Crippen molar-refractivity contribution in [3.63, 3.8) is 0 Å². The van der Waals surface area contributed by atoms with Gasteiger partial charge >= 0.3 is 0 Å². The second kappa shape index (κ2) is 4.17. The highest BCUT2D eigenvalue weighted by atomic mass is 35.5. The summed E-state index contributed by atoms with van der Waals surface area (Å²) in [4.78, 5) is 0. The standard InChI is InChI=1S/C12H13Cl2N/c1-2-12(5-6-15-8-12)9-3-4-10(13)11(14)7-9/h2-4,7,15H,1,5-6,8H2/t12-/m1/s1. The van der Waals surface area contributed by atoms with E-state index in [4.69, 9.17) is 23.2 Å². The minimum absolute atomic E-state index is 0.0221. The van der Waals surface area contributed by atoms with Crippen molar-refractivity contribution in [3.05, 3.63) is 46.5 Å². The fourth-order valence-corrected chi connectivity index (χ4v) is 2.35. The van der Waals surface area contributed by atoms with Crippen molar-refractivity contribution in [2.45, 2.75) is 11.8 Å². The van der Waals surface area contributed by atoms with Crippen molar-refractivity contribution in [3.8, 4) is 0 Å². The quantitative estimate of drug-likeness (QED) is 0.783. The lowest BCUT2D eigenvalue weighted by atomic mass is 9.80. The van der Waals surface area contributed by atoms with Crippen molar-refractivity contribution in [1.82, 2.24) is 5.32 Å². The van der Waals surface area contributed by atoms with Crippen LogP contribution in [0.3, 0.4) is 0 Å². The van der Waals surface area contributed by atoms with Crippen LogP contribution in [0.5, 0.6) is 0 Å². The van der Waals surface area contributed by atoms with Gasteiger partial charge in [0.25, 0.3) is 0 Å². The first kappa shape index (κ1) is 11.0. The highest BCUT2D eigenvalue weighted by molar-refractivity contribution is 6.42. The normalized spacial score (nSPS) is 25.5. The first-order valence-corrected chi connectivity index (χ1v) is 5.73. The molecule has 15 heavy (non-hydrogen) atoms. The third kappa shape index (κ3) is 1.92. The number of hydrogen-bond donors (Lipinski definition) is 1. The van der Waals surface area contributed by atoms with Gasteiger partial charge in [-0.1, -0.05) is 35.3 Å². The molecule has 0 bridgehead atoms. The van der Waals surface area contributed by atoms with Gasteiger partial charge in [0.1, 0.15) is 0 Å². The van der Waals surface area contributed by atoms with Gasteiger partial charge in [0.05, 0.1) is 10.0 Å². The van der Waals surface area contributed by atoms with Crippen LogP contribution >= 0.6 is 23.2 Å². The van der Waals surface area contributed by atoms with Gasteiger partial charge < -0.3 is 5.32 Å². The van der Waals surface area contributed by atoms with E-state index in [2.05, 4.69) is 11.9 Å². The van der Waals surface area contributed by atoms with Crippen molar-refractivity contribution in [2.24, 2.45) is 0 Å². The molecule has 80 valence electrons. The Bertz CT molecular complexity index is 381. The van der Waals surface area contributed by atoms with Gasteiger partial charge in [0.2, 0.25) is 0 Å². The summed E-state index contributed by atoms with van der Waals surface area (Å²) in [5.41, 5.74) is 1.21. The second-order valence-corrected chi connectivity index (χ2v) is 4.73. The molecule has 1 aromatic rings. The lowest BCUT2D eigenvalue weighted by molar-refractivity contribution is 0.596. The number of benzene rings is 1. The Morgan fingerprint density at radius 3 is 2.67 bits per heavy atom. The van der Waals surface area contributed by atoms with E-state index in [1.165, 1.54) is 5.56 Å². The number of rotatable bonds is 2. The van der Waals surface area contributed by atoms with E-state index in [-0.39, 0.29) is 5.41 Å². The van der Waals surface area contributed by atoms with Crippen molar-refractivity contribution in [1.29, 1.82) is 0 Å². The molecule has 1 saturated heterocycles. The highest BCUT2D eigenvalue weighted by Gasteiger charge is 2.32. The van der Waals surface area contributed by atoms with Crippen LogP contribution in [0.15, 0.2) is 30.9 Å². The van der Waals surface area contributed by atoms with E-state index in [9.17, 15) is 0 Å². The molecular formula is C12H13Cl2N. The maximum Gasteiger partial charge on any atom is 0.0595 e. The summed E-state index contributed by atoms with van der Waals surface area (Å²) < 4.78 is 0. The molecule has 1 atom stereocenters. The van der Waals surface area contributed by atoms with Crippen LogP contribution in [0.4, 0.5) is 0 Å². The van der Waals surface area contributed by atoms with E-state index >= 15 is 0 Å². The topological polar surface area (TPSA) is 12.0 Å². The molecule has 3 heteroatoms. The Hall–Kier alpha value is -0.500. The molecule has 0 unspecified atom stereocenters. The van der Waals surface area contributed by atoms with Gasteiger partial charge in [0.15, 0.2) is 0 Å². The SMILES string of the molecule is C=C[C@@]1(c2ccc(Cl)c(Cl)c2)CCNC1. The summed E-state index contributed by atoms with van der Waals surface area (Å²) >= 11 is 11.9. The Labute approximate surface area is 100 Å². The molecule has 1 fully saturated rings. The number of hydrogen-bond acceptors (Lipinski definition) is 1. The first-order valence-electron chi connectivity index (χ1n) is 4.98. The van der Waals surface area contributed by atoms with Gasteiger partial charge in [0, 0.05) is 12.0 Å². The second-order valence-electron chi connectivity index (χ2n) is 3.92. The zero-order chi connectivity index (χ0) is 10.9. The molecule has 0 amide bonds. The summed E-state index contributed by atoms with van der Waals surface area (Å²) in [5.74, 6) is 0. The van der Waals surface area contributed by atoms with Gasteiger partial charge in [-0.15, -0.1) is 6.58 Å². The first-order chi connectivity index (χ1) is 7.18. The predicted molar refractivity (Wildman–Crippen MR) is 65.8 cm³/mol. The van der Waals surface area contributed by atoms with E-state index in [1.807, 2.05) is 24.3 Å². The molecule has 1 heterocycles. The zero-order valence-electron chi connectivity index (χ0n) is 8.39. The third-order valence-electron chi connectivity index (χ3n) is 3.07. The smallest absolute Gasteiger partial charge is 0.0595 e. The molecule has 2 rings (SSSR count). The van der Waals surface area contributed by atoms with E-state index < -0.39 is 0 Å². The molecule has 0 saturated carbocycles. The van der Waals surface area contributed by atoms with Crippen LogP contribution in [-0.4, -0.2) is 13.1 Å². The summed E-state index contributed by atoms with van der Waals surface area (Å²) in [6.45, 7) is 5.87. The van der Waals surface area contributed by atoms with Crippen LogP contribution in [0.1, 0.15) is 12.0 Å². The highest BCUT2D eigenvalue weighted by Crippen LogP contribution is 2.35. The minimum atomic E-state index is 0.0221. The van der Waals surface area contributed by atoms with E-state index in [0.29, 0.717) is 10.0 Å². The molecule has 1 nitrogen and oxygen atoms in total. The summed E-state index contributed by atoms with van der Waals surface area (Å²) in [7, 11) is 0. The maximum atomic E-state index is 6.02. The maximum absolute atomic E-state index is 6.02. The Kier molecular flexibility index (Phi) is 3.06. The minimum Gasteiger partial charge on any atom is -0.315 e. The van der Waals surface area contributed by atoms with Gasteiger partial charge in [-0.05, 0) is 30.7 Å². The summed E-state index contributed by atoms with van der Waals surface area (Å²) in [5, 5.41) is 4.56. The Morgan fingerprint density at radius 1 is 1.33 bits per heavy atom. The Balaban J connectivity index is 2.43. The van der Waals surface area contributed by atoms with Gasteiger partial charge in [-0.3, -0.25) is 0 Å². The molecular weight excluding hydrogens is 229 g/mol.